The van der Waals surface area contributed by atoms with Gasteiger partial charge in [-0.2, -0.15) is 0 Å². The number of thiazole rings is 1. The number of ether oxygens (including phenoxy) is 1. The maximum atomic E-state index is 12.1. The van der Waals surface area contributed by atoms with E-state index in [1.807, 2.05) is 30.5 Å². The van der Waals surface area contributed by atoms with E-state index in [0.717, 1.165) is 16.3 Å². The first-order valence-corrected chi connectivity index (χ1v) is 8.20. The van der Waals surface area contributed by atoms with Crippen LogP contribution >= 0.6 is 22.9 Å². The Morgan fingerprint density at radius 3 is 2.91 bits per heavy atom. The summed E-state index contributed by atoms with van der Waals surface area (Å²) in [5.41, 5.74) is 2.29. The lowest BCUT2D eigenvalue weighted by atomic mass is 10.2. The van der Waals surface area contributed by atoms with Crippen molar-refractivity contribution >= 4 is 28.9 Å². The molecule has 4 nitrogen and oxygen atoms in total. The number of aryl methyl sites for hydroxylation is 1. The zero-order chi connectivity index (χ0) is 16.2. The fourth-order valence-electron chi connectivity index (χ4n) is 2.03. The van der Waals surface area contributed by atoms with E-state index in [-0.39, 0.29) is 12.4 Å². The van der Waals surface area contributed by atoms with Gasteiger partial charge < -0.3 is 4.74 Å². The third-order valence-electron chi connectivity index (χ3n) is 3.12. The van der Waals surface area contributed by atoms with Gasteiger partial charge in [0.15, 0.2) is 0 Å². The molecule has 2 heterocycles. The minimum Gasteiger partial charge on any atom is -0.426 e. The van der Waals surface area contributed by atoms with Crippen LogP contribution in [0.5, 0.6) is 5.75 Å². The highest BCUT2D eigenvalue weighted by Gasteiger charge is 2.12. The van der Waals surface area contributed by atoms with Gasteiger partial charge in [0.05, 0.1) is 17.8 Å². The van der Waals surface area contributed by atoms with E-state index in [9.17, 15) is 4.79 Å². The molecule has 23 heavy (non-hydrogen) atoms. The van der Waals surface area contributed by atoms with Crippen molar-refractivity contribution < 1.29 is 9.53 Å². The molecule has 0 fully saturated rings. The van der Waals surface area contributed by atoms with Crippen molar-refractivity contribution in [1.82, 2.24) is 9.97 Å². The molecule has 0 amide bonds. The number of hydrogen-bond donors (Lipinski definition) is 0. The summed E-state index contributed by atoms with van der Waals surface area (Å²) in [6.07, 6.45) is 1.83. The third kappa shape index (κ3) is 3.94. The second kappa shape index (κ2) is 6.89. The summed E-state index contributed by atoms with van der Waals surface area (Å²) in [4.78, 5) is 20.7. The van der Waals surface area contributed by atoms with Crippen LogP contribution in [0.2, 0.25) is 5.02 Å². The summed E-state index contributed by atoms with van der Waals surface area (Å²) < 4.78 is 5.37. The summed E-state index contributed by atoms with van der Waals surface area (Å²) in [5.74, 6) is 0.160. The normalized spacial score (nSPS) is 10.5. The molecule has 6 heteroatoms. The summed E-state index contributed by atoms with van der Waals surface area (Å²) in [7, 11) is 0. The zero-order valence-corrected chi connectivity index (χ0v) is 13.9. The number of hydrogen-bond acceptors (Lipinski definition) is 5. The van der Waals surface area contributed by atoms with E-state index < -0.39 is 0 Å². The van der Waals surface area contributed by atoms with Crippen LogP contribution in [0, 0.1) is 6.92 Å². The minimum absolute atomic E-state index is 0.116. The second-order valence-electron chi connectivity index (χ2n) is 4.92. The Balaban J connectivity index is 1.68. The van der Waals surface area contributed by atoms with Gasteiger partial charge in [-0.25, -0.2) is 4.98 Å². The van der Waals surface area contributed by atoms with Crippen molar-refractivity contribution in [2.45, 2.75) is 13.3 Å². The smallest absolute Gasteiger partial charge is 0.317 e. The highest BCUT2D eigenvalue weighted by Crippen LogP contribution is 2.24. The molecule has 116 valence electrons. The lowest BCUT2D eigenvalue weighted by Gasteiger charge is -2.06. The highest BCUT2D eigenvalue weighted by molar-refractivity contribution is 7.13. The van der Waals surface area contributed by atoms with Gasteiger partial charge in [-0.3, -0.25) is 9.78 Å². The Bertz CT molecular complexity index is 834. The van der Waals surface area contributed by atoms with Gasteiger partial charge in [-0.15, -0.1) is 11.3 Å². The highest BCUT2D eigenvalue weighted by atomic mass is 35.5. The predicted octanol–water partition coefficient (Wildman–Crippen LogP) is 4.32. The van der Waals surface area contributed by atoms with Gasteiger partial charge in [0.25, 0.3) is 0 Å². The van der Waals surface area contributed by atoms with Crippen LogP contribution < -0.4 is 4.74 Å². The molecule has 0 saturated heterocycles. The minimum atomic E-state index is -0.353. The van der Waals surface area contributed by atoms with Crippen LogP contribution in [0.15, 0.2) is 48.0 Å². The largest absolute Gasteiger partial charge is 0.426 e. The van der Waals surface area contributed by atoms with Gasteiger partial charge >= 0.3 is 5.97 Å². The van der Waals surface area contributed by atoms with Gasteiger partial charge in [0, 0.05) is 16.6 Å². The molecule has 0 spiro atoms. The fraction of sp³-hybridized carbons (Fsp3) is 0.118. The van der Waals surface area contributed by atoms with Crippen LogP contribution in [0.25, 0.3) is 10.7 Å². The number of esters is 1. The SMILES string of the molecule is Cc1cc(Cl)ccc1OC(=O)Cc1csc(-c2ccccn2)n1. The number of benzene rings is 1. The van der Waals surface area contributed by atoms with E-state index in [4.69, 9.17) is 16.3 Å². The summed E-state index contributed by atoms with van der Waals surface area (Å²) >= 11 is 7.35. The average Bonchev–Trinajstić information content (AvgIpc) is 2.99. The molecule has 0 bridgehead atoms. The second-order valence-corrected chi connectivity index (χ2v) is 6.21. The monoisotopic (exact) mass is 344 g/mol. The molecule has 0 radical (unpaired) electrons. The average molecular weight is 345 g/mol. The summed E-state index contributed by atoms with van der Waals surface area (Å²) in [6.45, 7) is 1.84. The molecule has 1 aromatic carbocycles. The van der Waals surface area contributed by atoms with E-state index in [2.05, 4.69) is 9.97 Å². The summed E-state index contributed by atoms with van der Waals surface area (Å²) in [5, 5.41) is 3.25. The zero-order valence-electron chi connectivity index (χ0n) is 12.3. The predicted molar refractivity (Wildman–Crippen MR) is 90.9 cm³/mol. The van der Waals surface area contributed by atoms with Crippen LogP contribution in [0.1, 0.15) is 11.3 Å². The van der Waals surface area contributed by atoms with Gasteiger partial charge in [-0.05, 0) is 42.8 Å². The Kier molecular flexibility index (Phi) is 4.69. The Hall–Kier alpha value is -2.24. The molecule has 0 aliphatic rings. The van der Waals surface area contributed by atoms with Crippen molar-refractivity contribution in [3.63, 3.8) is 0 Å². The number of nitrogens with zero attached hydrogens (tertiary/aromatic N) is 2. The maximum absolute atomic E-state index is 12.1. The first kappa shape index (κ1) is 15.6. The molecule has 3 aromatic rings. The first-order chi connectivity index (χ1) is 11.1. The molecule has 0 aliphatic carbocycles. The molecule has 2 aromatic heterocycles. The van der Waals surface area contributed by atoms with Gasteiger partial charge in [0.2, 0.25) is 0 Å². The van der Waals surface area contributed by atoms with Crippen molar-refractivity contribution in [3.05, 3.63) is 64.3 Å². The summed E-state index contributed by atoms with van der Waals surface area (Å²) in [6, 6.07) is 10.8. The van der Waals surface area contributed by atoms with Crippen LogP contribution in [-0.4, -0.2) is 15.9 Å². The number of carbonyl (C=O) groups excluding carboxylic acids is 1. The topological polar surface area (TPSA) is 52.1 Å². The number of pyridine rings is 1. The van der Waals surface area contributed by atoms with Crippen LogP contribution in [0.4, 0.5) is 0 Å². The lowest BCUT2D eigenvalue weighted by molar-refractivity contribution is -0.133. The maximum Gasteiger partial charge on any atom is 0.317 e. The van der Waals surface area contributed by atoms with Crippen molar-refractivity contribution in [2.24, 2.45) is 0 Å². The van der Waals surface area contributed by atoms with Crippen molar-refractivity contribution in [1.29, 1.82) is 0 Å². The van der Waals surface area contributed by atoms with E-state index in [1.165, 1.54) is 11.3 Å². The Morgan fingerprint density at radius 1 is 1.30 bits per heavy atom. The Labute approximate surface area is 142 Å². The molecule has 0 aliphatic heterocycles. The standard InChI is InChI=1S/C17H13ClN2O2S/c1-11-8-12(18)5-6-15(11)22-16(21)9-13-10-23-17(20-13)14-4-2-3-7-19-14/h2-8,10H,9H2,1H3. The fourth-order valence-corrected chi connectivity index (χ4v) is 3.05. The molecule has 3 rings (SSSR count). The number of rotatable bonds is 4. The number of carbonyl (C=O) groups is 1. The van der Waals surface area contributed by atoms with E-state index in [1.54, 1.807) is 24.4 Å². The number of halogens is 1. The molecule has 0 saturated carbocycles. The molecule has 0 unspecified atom stereocenters. The van der Waals surface area contributed by atoms with Gasteiger partial charge in [-0.1, -0.05) is 17.7 Å². The van der Waals surface area contributed by atoms with Crippen LogP contribution in [-0.2, 0) is 11.2 Å². The van der Waals surface area contributed by atoms with E-state index in [0.29, 0.717) is 16.5 Å². The molecular formula is C17H13ClN2O2S. The van der Waals surface area contributed by atoms with Crippen LogP contribution in [0.3, 0.4) is 0 Å². The Morgan fingerprint density at radius 2 is 2.17 bits per heavy atom. The first-order valence-electron chi connectivity index (χ1n) is 6.94. The molecular weight excluding hydrogens is 332 g/mol. The quantitative estimate of drug-likeness (QED) is 0.522. The third-order valence-corrected chi connectivity index (χ3v) is 4.27. The van der Waals surface area contributed by atoms with Gasteiger partial charge in [0.1, 0.15) is 10.8 Å². The lowest BCUT2D eigenvalue weighted by Crippen LogP contribution is -2.12. The molecule has 0 N–H and O–H groups in total. The molecule has 0 atom stereocenters. The van der Waals surface area contributed by atoms with Crippen molar-refractivity contribution in [3.8, 4) is 16.5 Å². The van der Waals surface area contributed by atoms with Crippen molar-refractivity contribution in [2.75, 3.05) is 0 Å². The number of aromatic nitrogens is 2. The van der Waals surface area contributed by atoms with E-state index >= 15 is 0 Å².